The molecular weight excluding hydrogens is 298 g/mol. The summed E-state index contributed by atoms with van der Waals surface area (Å²) < 4.78 is 8.56. The first-order valence-corrected chi connectivity index (χ1v) is 7.24. The Morgan fingerprint density at radius 1 is 1.26 bits per heavy atom. The molecule has 0 spiro atoms. The Labute approximate surface area is 132 Å². The third-order valence-electron chi connectivity index (χ3n) is 3.28. The van der Waals surface area contributed by atoms with Gasteiger partial charge in [-0.15, -0.1) is 0 Å². The van der Waals surface area contributed by atoms with Gasteiger partial charge in [0.15, 0.2) is 17.2 Å². The van der Waals surface area contributed by atoms with Gasteiger partial charge in [-0.05, 0) is 6.92 Å². The summed E-state index contributed by atoms with van der Waals surface area (Å²) in [7, 11) is 1.88. The Balaban J connectivity index is 1.62. The van der Waals surface area contributed by atoms with E-state index in [0.717, 1.165) is 11.2 Å². The molecule has 1 N–H and O–H groups in total. The van der Waals surface area contributed by atoms with Gasteiger partial charge in [0.25, 0.3) is 0 Å². The highest BCUT2D eigenvalue weighted by Gasteiger charge is 2.10. The predicted molar refractivity (Wildman–Crippen MR) is 83.0 cm³/mol. The van der Waals surface area contributed by atoms with E-state index in [4.69, 9.17) is 4.74 Å². The van der Waals surface area contributed by atoms with Crippen LogP contribution in [0.1, 0.15) is 17.4 Å². The average Bonchev–Trinajstić information content (AvgIpc) is 3.16. The lowest BCUT2D eigenvalue weighted by molar-refractivity contribution is 0.0520. The van der Waals surface area contributed by atoms with E-state index >= 15 is 0 Å². The zero-order chi connectivity index (χ0) is 16.2. The minimum atomic E-state index is -0.412. The first-order chi connectivity index (χ1) is 11.2. The number of hydrogen-bond acceptors (Lipinski definition) is 7. The minimum absolute atomic E-state index is 0.306. The topological polar surface area (TPSA) is 99.7 Å². The maximum absolute atomic E-state index is 11.6. The van der Waals surface area contributed by atoms with Crippen LogP contribution in [0.5, 0.6) is 0 Å². The van der Waals surface area contributed by atoms with Gasteiger partial charge < -0.3 is 19.2 Å². The molecule has 0 saturated carbocycles. The quantitative estimate of drug-likeness (QED) is 0.673. The number of carbonyl (C=O) groups excluding carboxylic acids is 1. The number of anilines is 1. The fourth-order valence-corrected chi connectivity index (χ4v) is 2.17. The van der Waals surface area contributed by atoms with Gasteiger partial charge >= 0.3 is 5.97 Å². The molecule has 23 heavy (non-hydrogen) atoms. The number of esters is 1. The largest absolute Gasteiger partial charge is 0.461 e. The van der Waals surface area contributed by atoms with Crippen LogP contribution in [-0.4, -0.2) is 48.2 Å². The van der Waals surface area contributed by atoms with Crippen molar-refractivity contribution in [2.24, 2.45) is 7.05 Å². The van der Waals surface area contributed by atoms with E-state index in [1.54, 1.807) is 25.8 Å². The number of aryl methyl sites for hydroxylation is 1. The van der Waals surface area contributed by atoms with Gasteiger partial charge in [-0.25, -0.2) is 24.7 Å². The molecule has 0 aromatic carbocycles. The fraction of sp³-hybridized carbons (Fsp3) is 0.357. The van der Waals surface area contributed by atoms with Crippen LogP contribution < -0.4 is 5.32 Å². The van der Waals surface area contributed by atoms with Gasteiger partial charge in [0.05, 0.1) is 19.3 Å². The van der Waals surface area contributed by atoms with Gasteiger partial charge in [0.2, 0.25) is 0 Å². The minimum Gasteiger partial charge on any atom is -0.461 e. The van der Waals surface area contributed by atoms with Crippen LogP contribution >= 0.6 is 0 Å². The molecule has 0 aliphatic heterocycles. The van der Waals surface area contributed by atoms with E-state index in [1.165, 1.54) is 6.33 Å². The molecule has 3 aromatic rings. The van der Waals surface area contributed by atoms with Crippen molar-refractivity contribution in [3.8, 4) is 0 Å². The highest BCUT2D eigenvalue weighted by molar-refractivity contribution is 5.86. The summed E-state index contributed by atoms with van der Waals surface area (Å²) in [6, 6.07) is 0. The van der Waals surface area contributed by atoms with Gasteiger partial charge in [-0.2, -0.15) is 0 Å². The van der Waals surface area contributed by atoms with Crippen LogP contribution in [-0.2, 0) is 18.3 Å². The normalized spacial score (nSPS) is 10.9. The van der Waals surface area contributed by atoms with Crippen molar-refractivity contribution in [3.05, 3.63) is 30.9 Å². The second kappa shape index (κ2) is 6.42. The third-order valence-corrected chi connectivity index (χ3v) is 3.28. The highest BCUT2D eigenvalue weighted by Crippen LogP contribution is 2.15. The fourth-order valence-electron chi connectivity index (χ4n) is 2.17. The number of imidazole rings is 2. The van der Waals surface area contributed by atoms with E-state index in [9.17, 15) is 4.79 Å². The summed E-state index contributed by atoms with van der Waals surface area (Å²) in [5.74, 6) is 0.270. The van der Waals surface area contributed by atoms with Crippen LogP contribution in [0.3, 0.4) is 0 Å². The van der Waals surface area contributed by atoms with Gasteiger partial charge in [0, 0.05) is 26.3 Å². The second-order valence-corrected chi connectivity index (χ2v) is 4.89. The van der Waals surface area contributed by atoms with Crippen LogP contribution in [0, 0.1) is 0 Å². The smallest absolute Gasteiger partial charge is 0.358 e. The average molecular weight is 315 g/mol. The SMILES string of the molecule is CCOC(=O)c1cn(CCNc2ncnc3c2ncn3C)cn1. The molecule has 0 amide bonds. The van der Waals surface area contributed by atoms with Crippen LogP contribution in [0.15, 0.2) is 25.2 Å². The van der Waals surface area contributed by atoms with Crippen LogP contribution in [0.2, 0.25) is 0 Å². The lowest BCUT2D eigenvalue weighted by Gasteiger charge is -2.06. The van der Waals surface area contributed by atoms with Crippen molar-refractivity contribution in [1.29, 1.82) is 0 Å². The molecule has 0 radical (unpaired) electrons. The van der Waals surface area contributed by atoms with Crippen LogP contribution in [0.25, 0.3) is 11.2 Å². The third kappa shape index (κ3) is 3.12. The second-order valence-electron chi connectivity index (χ2n) is 4.89. The summed E-state index contributed by atoms with van der Waals surface area (Å²) in [4.78, 5) is 28.3. The summed E-state index contributed by atoms with van der Waals surface area (Å²) in [5.41, 5.74) is 1.81. The molecule has 0 saturated heterocycles. The number of rotatable bonds is 6. The molecule has 3 heterocycles. The van der Waals surface area contributed by atoms with Gasteiger partial charge in [-0.3, -0.25) is 0 Å². The number of hydrogen-bond donors (Lipinski definition) is 1. The number of nitrogens with one attached hydrogen (secondary N) is 1. The highest BCUT2D eigenvalue weighted by atomic mass is 16.5. The first kappa shape index (κ1) is 14.9. The van der Waals surface area contributed by atoms with Gasteiger partial charge in [0.1, 0.15) is 11.8 Å². The van der Waals surface area contributed by atoms with E-state index in [1.807, 2.05) is 16.2 Å². The molecule has 3 rings (SSSR count). The summed E-state index contributed by atoms with van der Waals surface area (Å²) in [5, 5.41) is 3.22. The Bertz CT molecular complexity index is 824. The van der Waals surface area contributed by atoms with E-state index in [2.05, 4.69) is 25.3 Å². The number of nitrogens with zero attached hydrogens (tertiary/aromatic N) is 6. The Morgan fingerprint density at radius 2 is 2.13 bits per heavy atom. The monoisotopic (exact) mass is 315 g/mol. The molecular formula is C14H17N7O2. The zero-order valence-corrected chi connectivity index (χ0v) is 12.9. The number of aromatic nitrogens is 6. The molecule has 9 nitrogen and oxygen atoms in total. The maximum Gasteiger partial charge on any atom is 0.358 e. The van der Waals surface area contributed by atoms with E-state index in [0.29, 0.717) is 31.2 Å². The molecule has 0 bridgehead atoms. The first-order valence-electron chi connectivity index (χ1n) is 7.24. The van der Waals surface area contributed by atoms with Crippen LogP contribution in [0.4, 0.5) is 5.82 Å². The van der Waals surface area contributed by atoms with Crippen molar-refractivity contribution in [3.63, 3.8) is 0 Å². The molecule has 0 aliphatic rings. The molecule has 0 unspecified atom stereocenters. The van der Waals surface area contributed by atoms with E-state index in [-0.39, 0.29) is 0 Å². The molecule has 0 aliphatic carbocycles. The number of ether oxygens (including phenoxy) is 1. The number of carbonyl (C=O) groups is 1. The van der Waals surface area contributed by atoms with E-state index < -0.39 is 5.97 Å². The van der Waals surface area contributed by atoms with Crippen molar-refractivity contribution in [1.82, 2.24) is 29.1 Å². The molecule has 3 aromatic heterocycles. The Morgan fingerprint density at radius 3 is 2.96 bits per heavy atom. The summed E-state index contributed by atoms with van der Waals surface area (Å²) in [6.07, 6.45) is 6.47. The standard InChI is InChI=1S/C14H17N7O2/c1-3-23-14(22)10-6-21(9-18-10)5-4-15-12-11-13(17-7-16-12)20(2)8-19-11/h6-9H,3-5H2,1-2H3,(H,15,16,17). The Hall–Kier alpha value is -2.97. The predicted octanol–water partition coefficient (Wildman–Crippen LogP) is 0.849. The number of fused-ring (bicyclic) bond motifs is 1. The zero-order valence-electron chi connectivity index (χ0n) is 12.9. The summed E-state index contributed by atoms with van der Waals surface area (Å²) in [6.45, 7) is 3.34. The van der Waals surface area contributed by atoms with Crippen molar-refractivity contribution in [2.75, 3.05) is 18.5 Å². The lowest BCUT2D eigenvalue weighted by Crippen LogP contribution is -2.11. The molecule has 0 atom stereocenters. The van der Waals surface area contributed by atoms with Gasteiger partial charge in [-0.1, -0.05) is 0 Å². The Kier molecular flexibility index (Phi) is 4.18. The lowest BCUT2D eigenvalue weighted by atomic mass is 10.4. The molecule has 0 fully saturated rings. The van der Waals surface area contributed by atoms with Crippen molar-refractivity contribution >= 4 is 23.0 Å². The maximum atomic E-state index is 11.6. The van der Waals surface area contributed by atoms with Crippen molar-refractivity contribution < 1.29 is 9.53 Å². The molecule has 9 heteroatoms. The van der Waals surface area contributed by atoms with Crippen molar-refractivity contribution in [2.45, 2.75) is 13.5 Å². The molecule has 120 valence electrons. The summed E-state index contributed by atoms with van der Waals surface area (Å²) >= 11 is 0.